The maximum atomic E-state index is 14.0. The highest BCUT2D eigenvalue weighted by Gasteiger charge is 2.38. The van der Waals surface area contributed by atoms with E-state index in [0.29, 0.717) is 34.1 Å². The number of nitrogens with zero attached hydrogens (tertiary/aromatic N) is 3. The van der Waals surface area contributed by atoms with Crippen molar-refractivity contribution in [1.29, 1.82) is 0 Å². The number of nitrogens with two attached hydrogens (primary N) is 1. The zero-order valence-electron chi connectivity index (χ0n) is 14.8. The van der Waals surface area contributed by atoms with Gasteiger partial charge in [0.2, 0.25) is 5.95 Å². The minimum absolute atomic E-state index is 0.104. The summed E-state index contributed by atoms with van der Waals surface area (Å²) in [6, 6.07) is 7.96. The molecular weight excluding hydrogens is 418 g/mol. The number of nitrogen functional groups attached to an aromatic ring is 1. The van der Waals surface area contributed by atoms with Gasteiger partial charge in [-0.15, -0.1) is 0 Å². The topological polar surface area (TPSA) is 114 Å². The lowest BCUT2D eigenvalue weighted by molar-refractivity contribution is -0.192. The summed E-state index contributed by atoms with van der Waals surface area (Å²) in [5, 5.41) is 11.2. The van der Waals surface area contributed by atoms with Crippen molar-refractivity contribution in [3.8, 4) is 11.3 Å². The molecule has 7 nitrogen and oxygen atoms in total. The summed E-state index contributed by atoms with van der Waals surface area (Å²) >= 11 is 6.08. The van der Waals surface area contributed by atoms with Crippen LogP contribution in [0, 0.1) is 5.82 Å². The first-order valence-corrected chi connectivity index (χ1v) is 8.35. The van der Waals surface area contributed by atoms with Crippen LogP contribution in [0.25, 0.3) is 22.3 Å². The molecule has 0 aliphatic carbocycles. The zero-order chi connectivity index (χ0) is 21.8. The number of hydrogen-bond acceptors (Lipinski definition) is 6. The van der Waals surface area contributed by atoms with Crippen molar-refractivity contribution in [3.63, 3.8) is 0 Å². The molecule has 2 aromatic heterocycles. The quantitative estimate of drug-likeness (QED) is 0.534. The Morgan fingerprint density at radius 2 is 1.86 bits per heavy atom. The van der Waals surface area contributed by atoms with Crippen molar-refractivity contribution in [2.24, 2.45) is 0 Å². The third kappa shape index (κ3) is 5.41. The summed E-state index contributed by atoms with van der Waals surface area (Å²) in [6.45, 7) is 2.64. The Balaban J connectivity index is 0.000000370. The van der Waals surface area contributed by atoms with Gasteiger partial charge >= 0.3 is 12.1 Å². The fraction of sp³-hybridized carbons (Fsp3) is 0.176. The summed E-state index contributed by atoms with van der Waals surface area (Å²) in [5.74, 6) is -2.49. The molecule has 154 valence electrons. The van der Waals surface area contributed by atoms with Crippen LogP contribution >= 0.6 is 11.6 Å². The molecule has 0 atom stereocenters. The van der Waals surface area contributed by atoms with Gasteiger partial charge < -0.3 is 16.2 Å². The summed E-state index contributed by atoms with van der Waals surface area (Å²) in [6.07, 6.45) is -5.08. The number of hydrogen-bond donors (Lipinski definition) is 3. The van der Waals surface area contributed by atoms with E-state index < -0.39 is 18.0 Å². The molecule has 1 aromatic carbocycles. The number of aliphatic carboxylic acids is 1. The van der Waals surface area contributed by atoms with Gasteiger partial charge in [-0.2, -0.15) is 23.1 Å². The fourth-order valence-electron chi connectivity index (χ4n) is 2.21. The summed E-state index contributed by atoms with van der Waals surface area (Å²) < 4.78 is 45.8. The second-order valence-electron chi connectivity index (χ2n) is 5.43. The normalized spacial score (nSPS) is 11.0. The first-order valence-electron chi connectivity index (χ1n) is 7.97. The first kappa shape index (κ1) is 22.1. The number of aromatic nitrogens is 3. The number of rotatable bonds is 3. The van der Waals surface area contributed by atoms with Gasteiger partial charge in [0.1, 0.15) is 11.6 Å². The number of nitrogens with one attached hydrogen (secondary N) is 1. The Bertz CT molecular complexity index is 1030. The van der Waals surface area contributed by atoms with Crippen molar-refractivity contribution in [2.45, 2.75) is 13.1 Å². The molecule has 0 saturated heterocycles. The van der Waals surface area contributed by atoms with E-state index in [1.165, 1.54) is 6.07 Å². The number of fused-ring (bicyclic) bond motifs is 1. The van der Waals surface area contributed by atoms with Crippen LogP contribution in [0.4, 0.5) is 29.3 Å². The predicted octanol–water partition coefficient (Wildman–Crippen LogP) is 4.13. The first-order chi connectivity index (χ1) is 13.5. The molecule has 0 spiro atoms. The molecule has 3 rings (SSSR count). The van der Waals surface area contributed by atoms with Gasteiger partial charge in [-0.3, -0.25) is 0 Å². The van der Waals surface area contributed by atoms with Crippen LogP contribution in [0.3, 0.4) is 0 Å². The third-order valence-electron chi connectivity index (χ3n) is 3.38. The van der Waals surface area contributed by atoms with Crippen LogP contribution in [0.1, 0.15) is 6.92 Å². The highest BCUT2D eigenvalue weighted by atomic mass is 35.5. The molecule has 0 radical (unpaired) electrons. The van der Waals surface area contributed by atoms with Crippen LogP contribution < -0.4 is 11.1 Å². The van der Waals surface area contributed by atoms with E-state index in [9.17, 15) is 17.6 Å². The smallest absolute Gasteiger partial charge is 0.475 e. The van der Waals surface area contributed by atoms with Crippen LogP contribution in [-0.4, -0.2) is 38.7 Å². The van der Waals surface area contributed by atoms with Gasteiger partial charge in [0.25, 0.3) is 0 Å². The molecule has 0 amide bonds. The van der Waals surface area contributed by atoms with Crippen LogP contribution in [0.15, 0.2) is 30.3 Å². The summed E-state index contributed by atoms with van der Waals surface area (Å²) in [7, 11) is 0. The van der Waals surface area contributed by atoms with E-state index in [-0.39, 0.29) is 11.5 Å². The molecule has 3 aromatic rings. The van der Waals surface area contributed by atoms with Crippen LogP contribution in [-0.2, 0) is 4.79 Å². The largest absolute Gasteiger partial charge is 0.490 e. The molecule has 12 heteroatoms. The van der Waals surface area contributed by atoms with E-state index in [2.05, 4.69) is 20.3 Å². The molecule has 0 fully saturated rings. The number of pyridine rings is 1. The van der Waals surface area contributed by atoms with Crippen molar-refractivity contribution in [2.75, 3.05) is 17.6 Å². The Labute approximate surface area is 166 Å². The third-order valence-corrected chi connectivity index (χ3v) is 3.70. The lowest BCUT2D eigenvalue weighted by Crippen LogP contribution is -2.21. The Morgan fingerprint density at radius 1 is 1.21 bits per heavy atom. The van der Waals surface area contributed by atoms with Gasteiger partial charge in [0, 0.05) is 6.54 Å². The molecule has 4 N–H and O–H groups in total. The minimum Gasteiger partial charge on any atom is -0.475 e. The highest BCUT2D eigenvalue weighted by molar-refractivity contribution is 6.33. The number of anilines is 2. The number of benzene rings is 1. The Hall–Kier alpha value is -3.21. The van der Waals surface area contributed by atoms with Crippen molar-refractivity contribution < 1.29 is 27.5 Å². The molecule has 0 aliphatic heterocycles. The Kier molecular flexibility index (Phi) is 6.75. The zero-order valence-corrected chi connectivity index (χ0v) is 15.5. The maximum Gasteiger partial charge on any atom is 0.490 e. The maximum absolute atomic E-state index is 14.0. The number of alkyl halides is 3. The fourth-order valence-corrected chi connectivity index (χ4v) is 2.47. The van der Waals surface area contributed by atoms with Crippen LogP contribution in [0.2, 0.25) is 5.02 Å². The number of carboxylic acid groups (broad SMARTS) is 1. The number of carboxylic acids is 1. The molecule has 0 bridgehead atoms. The highest BCUT2D eigenvalue weighted by Crippen LogP contribution is 2.31. The van der Waals surface area contributed by atoms with Crippen LogP contribution in [0.5, 0.6) is 0 Å². The van der Waals surface area contributed by atoms with Gasteiger partial charge in [0.05, 0.1) is 21.7 Å². The van der Waals surface area contributed by atoms with Crippen molar-refractivity contribution in [1.82, 2.24) is 15.0 Å². The average molecular weight is 432 g/mol. The second-order valence-corrected chi connectivity index (χ2v) is 5.84. The number of carbonyl (C=O) groups is 1. The Morgan fingerprint density at radius 3 is 2.41 bits per heavy atom. The van der Waals surface area contributed by atoms with Crippen molar-refractivity contribution in [3.05, 3.63) is 41.2 Å². The summed E-state index contributed by atoms with van der Waals surface area (Å²) in [5.41, 5.74) is 6.73. The predicted molar refractivity (Wildman–Crippen MR) is 100 cm³/mol. The van der Waals surface area contributed by atoms with Gasteiger partial charge in [-0.05, 0) is 31.2 Å². The average Bonchev–Trinajstić information content (AvgIpc) is 2.61. The van der Waals surface area contributed by atoms with Gasteiger partial charge in [0.15, 0.2) is 5.65 Å². The van der Waals surface area contributed by atoms with E-state index in [4.69, 9.17) is 27.2 Å². The van der Waals surface area contributed by atoms with E-state index >= 15 is 0 Å². The molecular formula is C17H14ClF4N5O2. The monoisotopic (exact) mass is 431 g/mol. The second kappa shape index (κ2) is 8.86. The SMILES string of the molecule is CCNc1nc(N)nc2nc(-c3c(F)cccc3Cl)ccc12.O=C(O)C(F)(F)F. The lowest BCUT2D eigenvalue weighted by Gasteiger charge is -2.09. The molecule has 2 heterocycles. The number of halogens is 5. The van der Waals surface area contributed by atoms with Crippen molar-refractivity contribution >= 4 is 40.4 Å². The van der Waals surface area contributed by atoms with Gasteiger partial charge in [-0.25, -0.2) is 14.2 Å². The van der Waals surface area contributed by atoms with E-state index in [1.54, 1.807) is 24.3 Å². The lowest BCUT2D eigenvalue weighted by atomic mass is 10.1. The van der Waals surface area contributed by atoms with E-state index in [1.807, 2.05) is 6.92 Å². The summed E-state index contributed by atoms with van der Waals surface area (Å²) in [4.78, 5) is 21.5. The molecule has 0 unspecified atom stereocenters. The molecule has 29 heavy (non-hydrogen) atoms. The van der Waals surface area contributed by atoms with E-state index in [0.717, 1.165) is 0 Å². The molecule has 0 aliphatic rings. The van der Waals surface area contributed by atoms with Gasteiger partial charge in [-0.1, -0.05) is 17.7 Å². The standard InChI is InChI=1S/C15H13ClFN5.C2HF3O2/c1-2-19-13-8-6-7-11(20-14(8)22-15(18)21-13)12-9(16)4-3-5-10(12)17;3-2(4,5)1(6)7/h3-7H,2H2,1H3,(H3,18,19,20,21,22);(H,6,7). The molecule has 0 saturated carbocycles. The minimum atomic E-state index is -5.08.